The number of ether oxygens (including phenoxy) is 1. The maximum Gasteiger partial charge on any atom is 0.321 e. The monoisotopic (exact) mass is 412 g/mol. The van der Waals surface area contributed by atoms with Gasteiger partial charge in [-0.2, -0.15) is 4.72 Å². The maximum atomic E-state index is 12.4. The molecule has 3 aromatic carbocycles. The zero-order valence-corrected chi connectivity index (χ0v) is 16.5. The Morgan fingerprint density at radius 3 is 2.45 bits per heavy atom. The lowest BCUT2D eigenvalue weighted by atomic mass is 10.1. The molecule has 2 N–H and O–H groups in total. The molecule has 8 heteroatoms. The third-order valence-corrected chi connectivity index (χ3v) is 5.50. The molecular formula is C21H20N2O5S. The molecule has 7 nitrogen and oxygen atoms in total. The van der Waals surface area contributed by atoms with Crippen LogP contribution in [-0.4, -0.2) is 33.4 Å². The summed E-state index contributed by atoms with van der Waals surface area (Å²) in [4.78, 5) is 23.7. The molecule has 3 rings (SSSR count). The van der Waals surface area contributed by atoms with E-state index in [2.05, 4.69) is 10.0 Å². The summed E-state index contributed by atoms with van der Waals surface area (Å²) in [5.41, 5.74) is 1.56. The van der Waals surface area contributed by atoms with Crippen molar-refractivity contribution in [1.29, 1.82) is 0 Å². The number of nitrogens with one attached hydrogen (secondary N) is 2. The van der Waals surface area contributed by atoms with E-state index < -0.39 is 35.1 Å². The van der Waals surface area contributed by atoms with Crippen LogP contribution in [-0.2, 0) is 24.3 Å². The highest BCUT2D eigenvalue weighted by atomic mass is 32.2. The number of amides is 1. The average Bonchev–Trinajstić information content (AvgIpc) is 2.70. The summed E-state index contributed by atoms with van der Waals surface area (Å²) in [5, 5.41) is 4.28. The fraction of sp³-hybridized carbons (Fsp3) is 0.143. The van der Waals surface area contributed by atoms with Crippen molar-refractivity contribution in [2.45, 2.75) is 11.8 Å². The molecule has 0 aliphatic heterocycles. The van der Waals surface area contributed by atoms with E-state index in [-0.39, 0.29) is 4.90 Å². The Balaban J connectivity index is 1.51. The molecule has 0 saturated heterocycles. The van der Waals surface area contributed by atoms with Gasteiger partial charge in [0, 0.05) is 5.69 Å². The fourth-order valence-corrected chi connectivity index (χ4v) is 3.69. The van der Waals surface area contributed by atoms with Crippen molar-refractivity contribution >= 4 is 38.4 Å². The quantitative estimate of drug-likeness (QED) is 0.581. The van der Waals surface area contributed by atoms with Gasteiger partial charge in [0.15, 0.2) is 6.61 Å². The van der Waals surface area contributed by atoms with Crippen molar-refractivity contribution in [3.05, 3.63) is 72.3 Å². The predicted molar refractivity (Wildman–Crippen MR) is 110 cm³/mol. The zero-order valence-electron chi connectivity index (χ0n) is 15.7. The summed E-state index contributed by atoms with van der Waals surface area (Å²) >= 11 is 0. The van der Waals surface area contributed by atoms with Gasteiger partial charge in [-0.25, -0.2) is 8.42 Å². The van der Waals surface area contributed by atoms with Crippen molar-refractivity contribution in [1.82, 2.24) is 4.72 Å². The standard InChI is InChI=1S/C21H20N2O5S/c1-15-5-4-8-18(11-15)23-20(24)14-28-21(25)13-22-29(26,27)19-10-9-16-6-2-3-7-17(16)12-19/h2-12,22H,13-14H2,1H3,(H,23,24). The molecule has 0 saturated carbocycles. The van der Waals surface area contributed by atoms with E-state index in [0.717, 1.165) is 16.3 Å². The van der Waals surface area contributed by atoms with E-state index >= 15 is 0 Å². The minimum atomic E-state index is -3.89. The Morgan fingerprint density at radius 1 is 0.931 bits per heavy atom. The highest BCUT2D eigenvalue weighted by Crippen LogP contribution is 2.18. The number of benzene rings is 3. The van der Waals surface area contributed by atoms with Crippen molar-refractivity contribution in [2.24, 2.45) is 0 Å². The van der Waals surface area contributed by atoms with Crippen molar-refractivity contribution in [3.8, 4) is 0 Å². The maximum absolute atomic E-state index is 12.4. The molecule has 0 heterocycles. The Morgan fingerprint density at radius 2 is 1.69 bits per heavy atom. The molecule has 0 atom stereocenters. The number of esters is 1. The van der Waals surface area contributed by atoms with E-state index in [9.17, 15) is 18.0 Å². The van der Waals surface area contributed by atoms with Gasteiger partial charge in [-0.05, 0) is 47.5 Å². The molecule has 29 heavy (non-hydrogen) atoms. The molecule has 0 bridgehead atoms. The molecule has 0 radical (unpaired) electrons. The van der Waals surface area contributed by atoms with Gasteiger partial charge in [0.05, 0.1) is 4.90 Å². The van der Waals surface area contributed by atoms with E-state index in [1.807, 2.05) is 31.2 Å². The minimum Gasteiger partial charge on any atom is -0.455 e. The van der Waals surface area contributed by atoms with Crippen LogP contribution < -0.4 is 10.0 Å². The van der Waals surface area contributed by atoms with Crippen LogP contribution in [0.2, 0.25) is 0 Å². The molecule has 0 aliphatic rings. The number of carbonyl (C=O) groups excluding carboxylic acids is 2. The van der Waals surface area contributed by atoms with Crippen LogP contribution in [0.1, 0.15) is 5.56 Å². The largest absolute Gasteiger partial charge is 0.455 e. The van der Waals surface area contributed by atoms with Gasteiger partial charge in [0.1, 0.15) is 6.54 Å². The number of aryl methyl sites for hydroxylation is 1. The normalized spacial score (nSPS) is 11.2. The summed E-state index contributed by atoms with van der Waals surface area (Å²) < 4.78 is 31.8. The topological polar surface area (TPSA) is 102 Å². The molecule has 0 aromatic heterocycles. The van der Waals surface area contributed by atoms with Gasteiger partial charge in [-0.15, -0.1) is 0 Å². The predicted octanol–water partition coefficient (Wildman–Crippen LogP) is 2.61. The smallest absolute Gasteiger partial charge is 0.321 e. The van der Waals surface area contributed by atoms with E-state index in [1.54, 1.807) is 30.3 Å². The first-order valence-corrected chi connectivity index (χ1v) is 10.3. The third-order valence-electron chi connectivity index (χ3n) is 4.10. The number of sulfonamides is 1. The van der Waals surface area contributed by atoms with Gasteiger partial charge >= 0.3 is 5.97 Å². The van der Waals surface area contributed by atoms with Crippen molar-refractivity contribution in [2.75, 3.05) is 18.5 Å². The average molecular weight is 412 g/mol. The lowest BCUT2D eigenvalue weighted by Crippen LogP contribution is -2.32. The highest BCUT2D eigenvalue weighted by molar-refractivity contribution is 7.89. The molecule has 150 valence electrons. The minimum absolute atomic E-state index is 0.0428. The van der Waals surface area contributed by atoms with Crippen LogP contribution in [0.4, 0.5) is 5.69 Å². The fourth-order valence-electron chi connectivity index (χ4n) is 2.69. The molecule has 0 unspecified atom stereocenters. The SMILES string of the molecule is Cc1cccc(NC(=O)COC(=O)CNS(=O)(=O)c2ccc3ccccc3c2)c1. The lowest BCUT2D eigenvalue weighted by molar-refractivity contribution is -0.146. The summed E-state index contributed by atoms with van der Waals surface area (Å²) in [6, 6.07) is 19.2. The number of anilines is 1. The van der Waals surface area contributed by atoms with Crippen molar-refractivity contribution < 1.29 is 22.7 Å². The van der Waals surface area contributed by atoms with E-state index in [0.29, 0.717) is 5.69 Å². The van der Waals surface area contributed by atoms with Gasteiger partial charge in [0.25, 0.3) is 5.91 Å². The van der Waals surface area contributed by atoms with Crippen LogP contribution in [0.25, 0.3) is 10.8 Å². The Hall–Kier alpha value is -3.23. The third kappa shape index (κ3) is 5.63. The van der Waals surface area contributed by atoms with Gasteiger partial charge in [-0.3, -0.25) is 9.59 Å². The molecule has 3 aromatic rings. The van der Waals surface area contributed by atoms with Gasteiger partial charge < -0.3 is 10.1 Å². The van der Waals surface area contributed by atoms with Gasteiger partial charge in [0.2, 0.25) is 10.0 Å². The van der Waals surface area contributed by atoms with Crippen LogP contribution in [0.5, 0.6) is 0 Å². The zero-order chi connectivity index (χ0) is 20.9. The molecule has 0 aliphatic carbocycles. The van der Waals surface area contributed by atoms with E-state index in [1.165, 1.54) is 12.1 Å². The number of hydrogen-bond acceptors (Lipinski definition) is 5. The summed E-state index contributed by atoms with van der Waals surface area (Å²) in [7, 11) is -3.89. The first-order chi connectivity index (χ1) is 13.8. The summed E-state index contributed by atoms with van der Waals surface area (Å²) in [6.45, 7) is 0.800. The first kappa shape index (κ1) is 20.5. The second kappa shape index (κ2) is 8.85. The van der Waals surface area contributed by atoms with Crippen molar-refractivity contribution in [3.63, 3.8) is 0 Å². The second-order valence-electron chi connectivity index (χ2n) is 6.41. The van der Waals surface area contributed by atoms with Gasteiger partial charge in [-0.1, -0.05) is 42.5 Å². The first-order valence-electron chi connectivity index (χ1n) is 8.84. The number of fused-ring (bicyclic) bond motifs is 1. The van der Waals surface area contributed by atoms with E-state index in [4.69, 9.17) is 4.74 Å². The molecule has 0 fully saturated rings. The molecular weight excluding hydrogens is 392 g/mol. The van der Waals surface area contributed by atoms with Crippen LogP contribution in [0.15, 0.2) is 71.6 Å². The Labute approximate surface area is 168 Å². The Kier molecular flexibility index (Phi) is 6.26. The second-order valence-corrected chi connectivity index (χ2v) is 8.18. The number of carbonyl (C=O) groups is 2. The van der Waals surface area contributed by atoms with Crippen LogP contribution >= 0.6 is 0 Å². The Bertz CT molecular complexity index is 1160. The summed E-state index contributed by atoms with van der Waals surface area (Å²) in [5.74, 6) is -1.37. The number of rotatable bonds is 7. The van der Waals surface area contributed by atoms with Crippen LogP contribution in [0, 0.1) is 6.92 Å². The highest BCUT2D eigenvalue weighted by Gasteiger charge is 2.17. The summed E-state index contributed by atoms with van der Waals surface area (Å²) in [6.07, 6.45) is 0. The molecule has 0 spiro atoms. The number of hydrogen-bond donors (Lipinski definition) is 2. The van der Waals surface area contributed by atoms with Crippen LogP contribution in [0.3, 0.4) is 0 Å². The lowest BCUT2D eigenvalue weighted by Gasteiger charge is -2.09. The molecule has 1 amide bonds.